The maximum Gasteiger partial charge on any atom is 0.292 e. The molecule has 0 amide bonds. The van der Waals surface area contributed by atoms with Crippen LogP contribution in [0.25, 0.3) is 5.69 Å². The van der Waals surface area contributed by atoms with Gasteiger partial charge in [-0.2, -0.15) is 9.78 Å². The number of nitrogens with zero attached hydrogens (tertiary/aromatic N) is 4. The highest BCUT2D eigenvalue weighted by atomic mass is 35.5. The van der Waals surface area contributed by atoms with Crippen molar-refractivity contribution < 1.29 is 4.92 Å². The molecule has 1 aliphatic rings. The van der Waals surface area contributed by atoms with Crippen molar-refractivity contribution in [3.05, 3.63) is 56.0 Å². The Morgan fingerprint density at radius 3 is 2.64 bits per heavy atom. The van der Waals surface area contributed by atoms with Gasteiger partial charge < -0.3 is 4.90 Å². The Morgan fingerprint density at radius 1 is 1.24 bits per heavy atom. The lowest BCUT2D eigenvalue weighted by molar-refractivity contribution is -0.384. The summed E-state index contributed by atoms with van der Waals surface area (Å²) < 4.78 is 1.16. The number of rotatable bonds is 3. The molecule has 25 heavy (non-hydrogen) atoms. The van der Waals surface area contributed by atoms with Crippen LogP contribution in [0.4, 0.5) is 11.4 Å². The zero-order valence-corrected chi connectivity index (χ0v) is 14.6. The maximum absolute atomic E-state index is 12.6. The third-order valence-corrected chi connectivity index (χ3v) is 4.92. The lowest BCUT2D eigenvalue weighted by Crippen LogP contribution is -2.29. The summed E-state index contributed by atoms with van der Waals surface area (Å²) in [6.45, 7) is 3.94. The Hall–Kier alpha value is -2.41. The van der Waals surface area contributed by atoms with Gasteiger partial charge in [0.25, 0.3) is 11.2 Å². The smallest absolute Gasteiger partial charge is 0.292 e. The highest BCUT2D eigenvalue weighted by Gasteiger charge is 2.19. The molecule has 1 aromatic heterocycles. The number of hydrogen-bond acceptors (Lipinski definition) is 5. The van der Waals surface area contributed by atoms with Crippen LogP contribution in [0.3, 0.4) is 0 Å². The summed E-state index contributed by atoms with van der Waals surface area (Å²) in [6, 6.07) is 5.63. The van der Waals surface area contributed by atoms with Gasteiger partial charge in [-0.1, -0.05) is 18.5 Å². The second-order valence-electron chi connectivity index (χ2n) is 6.36. The zero-order valence-electron chi connectivity index (χ0n) is 13.9. The number of anilines is 1. The molecule has 0 N–H and O–H groups in total. The SMILES string of the molecule is CC1CCCN(c2cnn(-c3ccc([N+](=O)[O-])cc3)c(=O)c2Cl)CC1. The molecule has 132 valence electrons. The predicted octanol–water partition coefficient (Wildman–Crippen LogP) is 3.42. The average molecular weight is 363 g/mol. The fourth-order valence-corrected chi connectivity index (χ4v) is 3.30. The van der Waals surface area contributed by atoms with Crippen molar-refractivity contribution in [3.8, 4) is 5.69 Å². The van der Waals surface area contributed by atoms with Crippen LogP contribution in [-0.2, 0) is 0 Å². The molecule has 1 atom stereocenters. The van der Waals surface area contributed by atoms with Gasteiger partial charge in [0, 0.05) is 25.2 Å². The lowest BCUT2D eigenvalue weighted by Gasteiger charge is -2.23. The summed E-state index contributed by atoms with van der Waals surface area (Å²) in [5, 5.41) is 15.1. The third kappa shape index (κ3) is 3.66. The van der Waals surface area contributed by atoms with Crippen molar-refractivity contribution in [2.24, 2.45) is 5.92 Å². The Kier molecular flexibility index (Phi) is 5.03. The number of hydrogen-bond donors (Lipinski definition) is 0. The van der Waals surface area contributed by atoms with E-state index in [9.17, 15) is 14.9 Å². The number of benzene rings is 1. The first kappa shape index (κ1) is 17.4. The second kappa shape index (κ2) is 7.23. The second-order valence-corrected chi connectivity index (χ2v) is 6.74. The zero-order chi connectivity index (χ0) is 18.0. The first-order valence-corrected chi connectivity index (χ1v) is 8.63. The number of non-ortho nitro benzene ring substituents is 1. The highest BCUT2D eigenvalue weighted by Crippen LogP contribution is 2.26. The van der Waals surface area contributed by atoms with Gasteiger partial charge in [0.1, 0.15) is 5.02 Å². The summed E-state index contributed by atoms with van der Waals surface area (Å²) in [7, 11) is 0. The Morgan fingerprint density at radius 2 is 1.96 bits per heavy atom. The molecule has 0 aliphatic carbocycles. The lowest BCUT2D eigenvalue weighted by atomic mass is 10.0. The van der Waals surface area contributed by atoms with Crippen LogP contribution in [0.2, 0.25) is 5.02 Å². The van der Waals surface area contributed by atoms with E-state index < -0.39 is 10.5 Å². The van der Waals surface area contributed by atoms with E-state index >= 15 is 0 Å². The van der Waals surface area contributed by atoms with Crippen molar-refractivity contribution >= 4 is 23.0 Å². The molecular formula is C17H19ClN4O3. The molecule has 8 heteroatoms. The quantitative estimate of drug-likeness (QED) is 0.617. The van der Waals surface area contributed by atoms with Gasteiger partial charge in [0.05, 0.1) is 22.5 Å². The monoisotopic (exact) mass is 362 g/mol. The van der Waals surface area contributed by atoms with Crippen molar-refractivity contribution in [1.82, 2.24) is 9.78 Å². The minimum Gasteiger partial charge on any atom is -0.369 e. The number of nitro groups is 1. The van der Waals surface area contributed by atoms with E-state index in [1.807, 2.05) is 0 Å². The minimum absolute atomic E-state index is 0.0433. The van der Waals surface area contributed by atoms with Gasteiger partial charge in [-0.25, -0.2) is 0 Å². The van der Waals surface area contributed by atoms with E-state index in [2.05, 4.69) is 16.9 Å². The molecule has 0 saturated carbocycles. The number of aromatic nitrogens is 2. The van der Waals surface area contributed by atoms with Crippen LogP contribution in [0, 0.1) is 16.0 Å². The van der Waals surface area contributed by atoms with Gasteiger partial charge >= 0.3 is 0 Å². The Bertz CT molecular complexity index is 835. The van der Waals surface area contributed by atoms with E-state index in [0.717, 1.165) is 30.6 Å². The Balaban J connectivity index is 1.92. The standard InChI is InChI=1S/C17H19ClN4O3/c1-12-3-2-9-20(10-8-12)15-11-19-21(17(23)16(15)18)13-4-6-14(7-5-13)22(24)25/h4-7,11-12H,2-3,8-10H2,1H3. The van der Waals surface area contributed by atoms with Gasteiger partial charge in [0.15, 0.2) is 0 Å². The van der Waals surface area contributed by atoms with Crippen molar-refractivity contribution in [3.63, 3.8) is 0 Å². The largest absolute Gasteiger partial charge is 0.369 e. The molecule has 0 spiro atoms. The van der Waals surface area contributed by atoms with Crippen molar-refractivity contribution in [2.75, 3.05) is 18.0 Å². The van der Waals surface area contributed by atoms with Crippen LogP contribution in [0.15, 0.2) is 35.3 Å². The molecule has 1 aromatic carbocycles. The van der Waals surface area contributed by atoms with E-state index in [4.69, 9.17) is 11.6 Å². The van der Waals surface area contributed by atoms with Crippen LogP contribution in [-0.4, -0.2) is 27.8 Å². The summed E-state index contributed by atoms with van der Waals surface area (Å²) >= 11 is 6.33. The highest BCUT2D eigenvalue weighted by molar-refractivity contribution is 6.33. The fraction of sp³-hybridized carbons (Fsp3) is 0.412. The molecule has 0 radical (unpaired) electrons. The van der Waals surface area contributed by atoms with Crippen LogP contribution in [0.5, 0.6) is 0 Å². The maximum atomic E-state index is 12.6. The number of nitro benzene ring substituents is 1. The number of halogens is 1. The molecular weight excluding hydrogens is 344 g/mol. The summed E-state index contributed by atoms with van der Waals surface area (Å²) in [6.07, 6.45) is 4.88. The van der Waals surface area contributed by atoms with E-state index in [1.165, 1.54) is 30.7 Å². The molecule has 2 heterocycles. The average Bonchev–Trinajstić information content (AvgIpc) is 2.82. The van der Waals surface area contributed by atoms with Gasteiger partial charge in [-0.15, -0.1) is 0 Å². The van der Waals surface area contributed by atoms with Gasteiger partial charge in [-0.3, -0.25) is 14.9 Å². The molecule has 1 fully saturated rings. The first-order chi connectivity index (χ1) is 12.0. The minimum atomic E-state index is -0.490. The third-order valence-electron chi connectivity index (χ3n) is 4.56. The normalized spacial score (nSPS) is 18.0. The summed E-state index contributed by atoms with van der Waals surface area (Å²) in [5.41, 5.74) is 0.621. The molecule has 0 bridgehead atoms. The molecule has 7 nitrogen and oxygen atoms in total. The van der Waals surface area contributed by atoms with Crippen molar-refractivity contribution in [1.29, 1.82) is 0 Å². The van der Waals surface area contributed by atoms with E-state index in [1.54, 1.807) is 6.20 Å². The summed E-state index contributed by atoms with van der Waals surface area (Å²) in [4.78, 5) is 25.0. The summed E-state index contributed by atoms with van der Waals surface area (Å²) in [5.74, 6) is 0.664. The van der Waals surface area contributed by atoms with Crippen molar-refractivity contribution in [2.45, 2.75) is 26.2 Å². The van der Waals surface area contributed by atoms with Gasteiger partial charge in [-0.05, 0) is 37.3 Å². The molecule has 3 rings (SSSR count). The molecule has 1 unspecified atom stereocenters. The topological polar surface area (TPSA) is 81.3 Å². The van der Waals surface area contributed by atoms with Gasteiger partial charge in [0.2, 0.25) is 0 Å². The van der Waals surface area contributed by atoms with E-state index in [0.29, 0.717) is 17.3 Å². The molecule has 1 aliphatic heterocycles. The van der Waals surface area contributed by atoms with E-state index in [-0.39, 0.29) is 10.7 Å². The van der Waals surface area contributed by atoms with Crippen LogP contribution >= 0.6 is 11.6 Å². The fourth-order valence-electron chi connectivity index (χ4n) is 3.05. The van der Waals surface area contributed by atoms with Crippen LogP contribution < -0.4 is 10.5 Å². The first-order valence-electron chi connectivity index (χ1n) is 8.25. The Labute approximate surface area is 150 Å². The predicted molar refractivity (Wildman–Crippen MR) is 96.7 cm³/mol. The molecule has 1 saturated heterocycles. The van der Waals surface area contributed by atoms with Crippen LogP contribution in [0.1, 0.15) is 26.2 Å². The molecule has 2 aromatic rings.